The number of hydrogen-bond acceptors (Lipinski definition) is 5. The molecule has 0 aromatic heterocycles. The van der Waals surface area contributed by atoms with Crippen molar-refractivity contribution in [1.82, 2.24) is 4.90 Å². The average Bonchev–Trinajstić information content (AvgIpc) is 2.47. The van der Waals surface area contributed by atoms with E-state index in [-0.39, 0.29) is 25.0 Å². The highest BCUT2D eigenvalue weighted by Gasteiger charge is 2.15. The van der Waals surface area contributed by atoms with Crippen molar-refractivity contribution in [3.8, 4) is 0 Å². The minimum Gasteiger partial charge on any atom is -0.468 e. The molecule has 110 valence electrons. The summed E-state index contributed by atoms with van der Waals surface area (Å²) in [7, 11) is 2.66. The third kappa shape index (κ3) is 5.40. The van der Waals surface area contributed by atoms with Crippen LogP contribution in [-0.4, -0.2) is 44.1 Å². The largest absolute Gasteiger partial charge is 0.468 e. The highest BCUT2D eigenvalue weighted by Crippen LogP contribution is 2.08. The fourth-order valence-electron chi connectivity index (χ4n) is 1.80. The Morgan fingerprint density at radius 2 is 1.40 bits per heavy atom. The molecule has 0 saturated heterocycles. The standard InChI is InChI=1S/C15H21NO4/c1-4-12-5-7-13(8-6-12)9-16(10-14(17)19-2)11-15(18)20-3/h5-8H,4,9-11H2,1-3H3. The average molecular weight is 279 g/mol. The van der Waals surface area contributed by atoms with Gasteiger partial charge in [0.15, 0.2) is 0 Å². The molecule has 1 aromatic rings. The molecule has 20 heavy (non-hydrogen) atoms. The summed E-state index contributed by atoms with van der Waals surface area (Å²) in [5.41, 5.74) is 2.29. The molecule has 0 bridgehead atoms. The van der Waals surface area contributed by atoms with Crippen LogP contribution in [0.2, 0.25) is 0 Å². The fourth-order valence-corrected chi connectivity index (χ4v) is 1.80. The summed E-state index contributed by atoms with van der Waals surface area (Å²) in [6.07, 6.45) is 0.980. The molecular formula is C15H21NO4. The second kappa shape index (κ2) is 8.32. The lowest BCUT2D eigenvalue weighted by molar-refractivity contribution is -0.145. The van der Waals surface area contributed by atoms with Gasteiger partial charge in [-0.1, -0.05) is 31.2 Å². The highest BCUT2D eigenvalue weighted by atomic mass is 16.5. The zero-order chi connectivity index (χ0) is 15.0. The molecule has 0 spiro atoms. The number of hydrogen-bond donors (Lipinski definition) is 0. The van der Waals surface area contributed by atoms with E-state index < -0.39 is 0 Å². The van der Waals surface area contributed by atoms with E-state index in [1.165, 1.54) is 19.8 Å². The number of carbonyl (C=O) groups excluding carboxylic acids is 2. The van der Waals surface area contributed by atoms with Crippen molar-refractivity contribution in [2.45, 2.75) is 19.9 Å². The van der Waals surface area contributed by atoms with Gasteiger partial charge in [0, 0.05) is 6.54 Å². The molecule has 0 heterocycles. The van der Waals surface area contributed by atoms with Crippen molar-refractivity contribution in [1.29, 1.82) is 0 Å². The van der Waals surface area contributed by atoms with Gasteiger partial charge >= 0.3 is 11.9 Å². The van der Waals surface area contributed by atoms with E-state index in [1.807, 2.05) is 24.3 Å². The van der Waals surface area contributed by atoms with E-state index in [9.17, 15) is 9.59 Å². The molecule has 5 nitrogen and oxygen atoms in total. The van der Waals surface area contributed by atoms with E-state index in [0.29, 0.717) is 6.54 Å². The van der Waals surface area contributed by atoms with Crippen molar-refractivity contribution in [2.75, 3.05) is 27.3 Å². The van der Waals surface area contributed by atoms with Gasteiger partial charge in [0.1, 0.15) is 0 Å². The molecular weight excluding hydrogens is 258 g/mol. The molecule has 0 amide bonds. The lowest BCUT2D eigenvalue weighted by atomic mass is 10.1. The first-order valence-corrected chi connectivity index (χ1v) is 6.52. The third-order valence-corrected chi connectivity index (χ3v) is 3.00. The number of ether oxygens (including phenoxy) is 2. The number of carbonyl (C=O) groups is 2. The maximum Gasteiger partial charge on any atom is 0.319 e. The molecule has 0 unspecified atom stereocenters. The van der Waals surface area contributed by atoms with Crippen LogP contribution >= 0.6 is 0 Å². The Morgan fingerprint density at radius 3 is 1.80 bits per heavy atom. The van der Waals surface area contributed by atoms with Crippen LogP contribution in [-0.2, 0) is 32.0 Å². The predicted molar refractivity (Wildman–Crippen MR) is 75.1 cm³/mol. The van der Waals surface area contributed by atoms with Gasteiger partial charge in [0.2, 0.25) is 0 Å². The monoisotopic (exact) mass is 279 g/mol. The van der Waals surface area contributed by atoms with Crippen molar-refractivity contribution >= 4 is 11.9 Å². The Hall–Kier alpha value is -1.88. The first-order valence-electron chi connectivity index (χ1n) is 6.52. The molecule has 5 heteroatoms. The highest BCUT2D eigenvalue weighted by molar-refractivity contribution is 5.74. The van der Waals surface area contributed by atoms with E-state index in [0.717, 1.165) is 12.0 Å². The van der Waals surface area contributed by atoms with Crippen LogP contribution in [0.15, 0.2) is 24.3 Å². The molecule has 0 aliphatic heterocycles. The van der Waals surface area contributed by atoms with Crippen molar-refractivity contribution in [3.05, 3.63) is 35.4 Å². The minimum absolute atomic E-state index is 0.0567. The maximum absolute atomic E-state index is 11.4. The number of aryl methyl sites for hydroxylation is 1. The second-order valence-corrected chi connectivity index (χ2v) is 4.47. The Balaban J connectivity index is 2.70. The van der Waals surface area contributed by atoms with Crippen molar-refractivity contribution in [2.24, 2.45) is 0 Å². The Morgan fingerprint density at radius 1 is 0.950 bits per heavy atom. The van der Waals surface area contributed by atoms with Crippen LogP contribution in [0.25, 0.3) is 0 Å². The molecule has 0 fully saturated rings. The number of nitrogens with zero attached hydrogens (tertiary/aromatic N) is 1. The number of esters is 2. The van der Waals surface area contributed by atoms with E-state index >= 15 is 0 Å². The summed E-state index contributed by atoms with van der Waals surface area (Å²) in [6.45, 7) is 2.70. The minimum atomic E-state index is -0.376. The Labute approximate surface area is 119 Å². The summed E-state index contributed by atoms with van der Waals surface area (Å²) >= 11 is 0. The summed E-state index contributed by atoms with van der Waals surface area (Å²) in [5.74, 6) is -0.752. The molecule has 0 aliphatic carbocycles. The molecule has 0 aliphatic rings. The smallest absolute Gasteiger partial charge is 0.319 e. The molecule has 1 aromatic carbocycles. The van der Waals surface area contributed by atoms with Crippen molar-refractivity contribution in [3.63, 3.8) is 0 Å². The van der Waals surface area contributed by atoms with Gasteiger partial charge in [0.25, 0.3) is 0 Å². The molecule has 0 atom stereocenters. The number of methoxy groups -OCH3 is 2. The van der Waals surface area contributed by atoms with Gasteiger partial charge in [-0.15, -0.1) is 0 Å². The molecule has 0 saturated carbocycles. The van der Waals surface area contributed by atoms with Crippen LogP contribution in [0.1, 0.15) is 18.1 Å². The second-order valence-electron chi connectivity index (χ2n) is 4.47. The van der Waals surface area contributed by atoms with Crippen LogP contribution in [0.5, 0.6) is 0 Å². The quantitative estimate of drug-likeness (QED) is 0.706. The Bertz CT molecular complexity index is 424. The summed E-state index contributed by atoms with van der Waals surface area (Å²) in [5, 5.41) is 0. The van der Waals surface area contributed by atoms with Gasteiger partial charge in [-0.05, 0) is 17.5 Å². The fraction of sp³-hybridized carbons (Fsp3) is 0.467. The topological polar surface area (TPSA) is 55.8 Å². The van der Waals surface area contributed by atoms with Crippen LogP contribution < -0.4 is 0 Å². The van der Waals surface area contributed by atoms with Crippen LogP contribution in [0, 0.1) is 0 Å². The van der Waals surface area contributed by atoms with E-state index in [2.05, 4.69) is 16.4 Å². The molecule has 0 N–H and O–H groups in total. The molecule has 1 rings (SSSR count). The van der Waals surface area contributed by atoms with Crippen molar-refractivity contribution < 1.29 is 19.1 Å². The Kier molecular flexibility index (Phi) is 6.73. The van der Waals surface area contributed by atoms with E-state index in [1.54, 1.807) is 4.90 Å². The number of benzene rings is 1. The van der Waals surface area contributed by atoms with Gasteiger partial charge in [-0.2, -0.15) is 0 Å². The number of rotatable bonds is 7. The van der Waals surface area contributed by atoms with Gasteiger partial charge < -0.3 is 9.47 Å². The third-order valence-electron chi connectivity index (χ3n) is 3.00. The SMILES string of the molecule is CCc1ccc(CN(CC(=O)OC)CC(=O)OC)cc1. The first-order chi connectivity index (χ1) is 9.58. The van der Waals surface area contributed by atoms with Crippen LogP contribution in [0.3, 0.4) is 0 Å². The summed E-state index contributed by atoms with van der Waals surface area (Å²) in [6, 6.07) is 8.09. The normalized spacial score (nSPS) is 10.4. The van der Waals surface area contributed by atoms with Gasteiger partial charge in [-0.3, -0.25) is 14.5 Å². The van der Waals surface area contributed by atoms with Gasteiger partial charge in [-0.25, -0.2) is 0 Å². The summed E-state index contributed by atoms with van der Waals surface area (Å²) < 4.78 is 9.27. The van der Waals surface area contributed by atoms with Gasteiger partial charge in [0.05, 0.1) is 27.3 Å². The lowest BCUT2D eigenvalue weighted by Gasteiger charge is -2.19. The zero-order valence-corrected chi connectivity index (χ0v) is 12.2. The summed E-state index contributed by atoms with van der Waals surface area (Å²) in [4.78, 5) is 24.4. The zero-order valence-electron chi connectivity index (χ0n) is 12.2. The molecule has 0 radical (unpaired) electrons. The van der Waals surface area contributed by atoms with Crippen LogP contribution in [0.4, 0.5) is 0 Å². The lowest BCUT2D eigenvalue weighted by Crippen LogP contribution is -2.35. The first kappa shape index (κ1) is 16.2. The maximum atomic E-state index is 11.4. The predicted octanol–water partition coefficient (Wildman–Crippen LogP) is 1.40. The van der Waals surface area contributed by atoms with E-state index in [4.69, 9.17) is 0 Å².